The molecule has 1 fully saturated rings. The van der Waals surface area contributed by atoms with Crippen LogP contribution in [-0.2, 0) is 4.74 Å². The molecule has 1 aromatic rings. The van der Waals surface area contributed by atoms with Crippen molar-refractivity contribution in [3.8, 4) is 11.5 Å². The molecule has 2 aliphatic rings. The maximum Gasteiger partial charge on any atom is 0.231 e. The smallest absolute Gasteiger partial charge is 0.231 e. The first-order chi connectivity index (χ1) is 8.86. The Labute approximate surface area is 106 Å². The van der Waals surface area contributed by atoms with Gasteiger partial charge in [-0.25, -0.2) is 0 Å². The number of morpholine rings is 1. The Balaban J connectivity index is 1.73. The van der Waals surface area contributed by atoms with Crippen LogP contribution in [0.4, 0.5) is 5.69 Å². The van der Waals surface area contributed by atoms with Crippen molar-refractivity contribution in [2.45, 2.75) is 12.5 Å². The summed E-state index contributed by atoms with van der Waals surface area (Å²) < 4.78 is 16.4. The van der Waals surface area contributed by atoms with Gasteiger partial charge >= 0.3 is 0 Å². The van der Waals surface area contributed by atoms with Gasteiger partial charge in [-0.1, -0.05) is 0 Å². The van der Waals surface area contributed by atoms with Crippen LogP contribution >= 0.6 is 0 Å². The van der Waals surface area contributed by atoms with Crippen LogP contribution in [0.3, 0.4) is 0 Å². The van der Waals surface area contributed by atoms with Gasteiger partial charge in [-0.05, 0) is 25.1 Å². The zero-order valence-corrected chi connectivity index (χ0v) is 10.3. The van der Waals surface area contributed by atoms with E-state index < -0.39 is 0 Å². The predicted octanol–water partition coefficient (Wildman–Crippen LogP) is 0.969. The largest absolute Gasteiger partial charge is 0.454 e. The van der Waals surface area contributed by atoms with E-state index in [9.17, 15) is 0 Å². The molecule has 5 nitrogen and oxygen atoms in total. The minimum absolute atomic E-state index is 0.231. The fourth-order valence-electron chi connectivity index (χ4n) is 2.40. The van der Waals surface area contributed by atoms with Crippen molar-refractivity contribution in [2.75, 3.05) is 37.9 Å². The average molecular weight is 250 g/mol. The Morgan fingerprint density at radius 2 is 2.17 bits per heavy atom. The van der Waals surface area contributed by atoms with Crippen molar-refractivity contribution in [3.63, 3.8) is 0 Å². The van der Waals surface area contributed by atoms with Gasteiger partial charge in [0.1, 0.15) is 0 Å². The van der Waals surface area contributed by atoms with Gasteiger partial charge in [0.05, 0.1) is 12.7 Å². The number of nitrogens with two attached hydrogens (primary N) is 1. The van der Waals surface area contributed by atoms with Gasteiger partial charge in [0.25, 0.3) is 0 Å². The van der Waals surface area contributed by atoms with Crippen LogP contribution in [0.1, 0.15) is 6.42 Å². The minimum Gasteiger partial charge on any atom is -0.454 e. The maximum atomic E-state index is 5.69. The van der Waals surface area contributed by atoms with Crippen LogP contribution in [0.5, 0.6) is 11.5 Å². The summed E-state index contributed by atoms with van der Waals surface area (Å²) in [5.41, 5.74) is 6.74. The lowest BCUT2D eigenvalue weighted by molar-refractivity contribution is 0.0368. The monoisotopic (exact) mass is 250 g/mol. The number of anilines is 1. The van der Waals surface area contributed by atoms with E-state index in [2.05, 4.69) is 11.0 Å². The summed E-state index contributed by atoms with van der Waals surface area (Å²) in [4.78, 5) is 2.31. The van der Waals surface area contributed by atoms with Crippen LogP contribution in [0, 0.1) is 0 Å². The summed E-state index contributed by atoms with van der Waals surface area (Å²) in [5, 5.41) is 0. The van der Waals surface area contributed by atoms with E-state index in [1.807, 2.05) is 12.1 Å². The first-order valence-corrected chi connectivity index (χ1v) is 6.33. The molecule has 5 heteroatoms. The second-order valence-corrected chi connectivity index (χ2v) is 4.55. The highest BCUT2D eigenvalue weighted by Crippen LogP contribution is 2.35. The molecule has 2 heterocycles. The molecule has 1 saturated heterocycles. The van der Waals surface area contributed by atoms with Gasteiger partial charge in [0.15, 0.2) is 11.5 Å². The lowest BCUT2D eigenvalue weighted by Crippen LogP contribution is -2.43. The molecule has 0 bridgehead atoms. The van der Waals surface area contributed by atoms with Crippen LogP contribution in [0.15, 0.2) is 18.2 Å². The molecule has 0 aliphatic carbocycles. The lowest BCUT2D eigenvalue weighted by Gasteiger charge is -2.34. The predicted molar refractivity (Wildman–Crippen MR) is 68.2 cm³/mol. The van der Waals surface area contributed by atoms with Crippen molar-refractivity contribution >= 4 is 5.69 Å². The molecular formula is C13H18N2O3. The highest BCUT2D eigenvalue weighted by Gasteiger charge is 2.22. The third-order valence-electron chi connectivity index (χ3n) is 3.35. The van der Waals surface area contributed by atoms with E-state index in [1.54, 1.807) is 0 Å². The number of benzene rings is 1. The molecule has 2 N–H and O–H groups in total. The number of ether oxygens (including phenoxy) is 3. The molecule has 1 unspecified atom stereocenters. The van der Waals surface area contributed by atoms with Crippen LogP contribution in [-0.4, -0.2) is 39.1 Å². The van der Waals surface area contributed by atoms with Gasteiger partial charge in [-0.15, -0.1) is 0 Å². The molecule has 0 radical (unpaired) electrons. The number of fused-ring (bicyclic) bond motifs is 1. The molecule has 0 amide bonds. The number of nitrogens with zero attached hydrogens (tertiary/aromatic N) is 1. The summed E-state index contributed by atoms with van der Waals surface area (Å²) >= 11 is 0. The van der Waals surface area contributed by atoms with E-state index >= 15 is 0 Å². The highest BCUT2D eigenvalue weighted by molar-refractivity contribution is 5.57. The Morgan fingerprint density at radius 3 is 3.06 bits per heavy atom. The second kappa shape index (κ2) is 5.04. The highest BCUT2D eigenvalue weighted by atomic mass is 16.7. The number of hydrogen-bond donors (Lipinski definition) is 1. The van der Waals surface area contributed by atoms with E-state index in [-0.39, 0.29) is 6.10 Å². The molecule has 0 saturated carbocycles. The fraction of sp³-hybridized carbons (Fsp3) is 0.538. The molecule has 98 valence electrons. The zero-order chi connectivity index (χ0) is 12.4. The van der Waals surface area contributed by atoms with Crippen molar-refractivity contribution in [2.24, 2.45) is 5.73 Å². The third-order valence-corrected chi connectivity index (χ3v) is 3.35. The van der Waals surface area contributed by atoms with Crippen molar-refractivity contribution in [1.82, 2.24) is 0 Å². The van der Waals surface area contributed by atoms with Crippen LogP contribution in [0.25, 0.3) is 0 Å². The summed E-state index contributed by atoms with van der Waals surface area (Å²) in [6.07, 6.45) is 1.13. The van der Waals surface area contributed by atoms with E-state index in [1.165, 1.54) is 0 Å². The minimum atomic E-state index is 0.231. The average Bonchev–Trinajstić information content (AvgIpc) is 2.86. The Hall–Kier alpha value is -1.46. The Kier molecular flexibility index (Phi) is 3.25. The SMILES string of the molecule is NCCC1CN(c2ccc3c(c2)OCO3)CCO1. The van der Waals surface area contributed by atoms with Gasteiger partial charge in [-0.3, -0.25) is 0 Å². The van der Waals surface area contributed by atoms with Gasteiger partial charge in [0.2, 0.25) is 6.79 Å². The van der Waals surface area contributed by atoms with Crippen LogP contribution in [0.2, 0.25) is 0 Å². The van der Waals surface area contributed by atoms with Crippen molar-refractivity contribution in [3.05, 3.63) is 18.2 Å². The van der Waals surface area contributed by atoms with E-state index in [0.717, 1.165) is 43.3 Å². The Morgan fingerprint density at radius 1 is 1.28 bits per heavy atom. The zero-order valence-electron chi connectivity index (χ0n) is 10.3. The van der Waals surface area contributed by atoms with Gasteiger partial charge in [-0.2, -0.15) is 0 Å². The molecule has 18 heavy (non-hydrogen) atoms. The summed E-state index contributed by atoms with van der Waals surface area (Å²) in [6, 6.07) is 6.07. The molecule has 3 rings (SSSR count). The quantitative estimate of drug-likeness (QED) is 0.866. The van der Waals surface area contributed by atoms with Crippen molar-refractivity contribution in [1.29, 1.82) is 0 Å². The normalized spacial score (nSPS) is 22.3. The number of hydrogen-bond acceptors (Lipinski definition) is 5. The van der Waals surface area contributed by atoms with E-state index in [4.69, 9.17) is 19.9 Å². The maximum absolute atomic E-state index is 5.69. The number of rotatable bonds is 3. The van der Waals surface area contributed by atoms with Crippen LogP contribution < -0.4 is 20.1 Å². The topological polar surface area (TPSA) is 57.0 Å². The molecule has 1 aromatic carbocycles. The second-order valence-electron chi connectivity index (χ2n) is 4.55. The third kappa shape index (κ3) is 2.23. The first-order valence-electron chi connectivity index (χ1n) is 6.33. The Bertz CT molecular complexity index is 423. The molecule has 0 aromatic heterocycles. The summed E-state index contributed by atoms with van der Waals surface area (Å²) in [7, 11) is 0. The standard InChI is InChI=1S/C13H18N2O3/c14-4-3-11-8-15(5-6-16-11)10-1-2-12-13(7-10)18-9-17-12/h1-2,7,11H,3-6,8-9,14H2. The first kappa shape index (κ1) is 11.6. The molecule has 0 spiro atoms. The molecule has 2 aliphatic heterocycles. The lowest BCUT2D eigenvalue weighted by atomic mass is 10.1. The molecule has 1 atom stereocenters. The van der Waals surface area contributed by atoms with Gasteiger partial charge < -0.3 is 24.8 Å². The summed E-state index contributed by atoms with van der Waals surface area (Å²) in [5.74, 6) is 1.65. The molecular weight excluding hydrogens is 232 g/mol. The van der Waals surface area contributed by atoms with Gasteiger partial charge in [0, 0.05) is 24.8 Å². The fourth-order valence-corrected chi connectivity index (χ4v) is 2.40. The van der Waals surface area contributed by atoms with E-state index in [0.29, 0.717) is 13.3 Å². The van der Waals surface area contributed by atoms with Crippen molar-refractivity contribution < 1.29 is 14.2 Å². The summed E-state index contributed by atoms with van der Waals surface area (Å²) in [6.45, 7) is 3.52.